The number of sulfonamides is 1. The van der Waals surface area contributed by atoms with Crippen LogP contribution in [0.25, 0.3) is 0 Å². The van der Waals surface area contributed by atoms with Gasteiger partial charge in [-0.1, -0.05) is 0 Å². The first-order valence-electron chi connectivity index (χ1n) is 7.57. The molecule has 2 rings (SSSR count). The Balaban J connectivity index is 2.23. The maximum atomic E-state index is 14.1. The zero-order valence-corrected chi connectivity index (χ0v) is 15.2. The first-order chi connectivity index (χ1) is 12.6. The third kappa shape index (κ3) is 4.38. The average molecular weight is 401 g/mol. The summed E-state index contributed by atoms with van der Waals surface area (Å²) in [7, 11) is -1.63. The van der Waals surface area contributed by atoms with Gasteiger partial charge in [0.1, 0.15) is 5.82 Å². The molecule has 27 heavy (non-hydrogen) atoms. The van der Waals surface area contributed by atoms with E-state index >= 15 is 0 Å². The standard InChI is InChI=1S/C16H17F2N3O5S/c1-20(27(24,25)11-5-3-10(4-6-11)21(22)23)9-15(19)12-7-14(18)16(26-2)8-13(12)17/h3-8,15H,9,19H2,1-2H3/t15-/m1/s1. The second kappa shape index (κ2) is 7.94. The lowest BCUT2D eigenvalue weighted by atomic mass is 10.1. The van der Waals surface area contributed by atoms with Crippen molar-refractivity contribution in [1.82, 2.24) is 4.31 Å². The zero-order valence-electron chi connectivity index (χ0n) is 14.4. The first-order valence-corrected chi connectivity index (χ1v) is 9.01. The molecule has 0 unspecified atom stereocenters. The fourth-order valence-electron chi connectivity index (χ4n) is 2.38. The SMILES string of the molecule is COc1cc(F)c([C@H](N)CN(C)S(=O)(=O)c2ccc([N+](=O)[O-])cc2)cc1F. The van der Waals surface area contributed by atoms with E-state index in [-0.39, 0.29) is 28.4 Å². The van der Waals surface area contributed by atoms with E-state index in [2.05, 4.69) is 4.74 Å². The number of rotatable bonds is 7. The first kappa shape index (κ1) is 20.7. The lowest BCUT2D eigenvalue weighted by Gasteiger charge is -2.22. The predicted octanol–water partition coefficient (Wildman–Crippen LogP) is 2.20. The van der Waals surface area contributed by atoms with E-state index in [9.17, 15) is 27.3 Å². The highest BCUT2D eigenvalue weighted by Gasteiger charge is 2.25. The van der Waals surface area contributed by atoms with E-state index in [0.29, 0.717) is 0 Å². The number of nitrogens with zero attached hydrogens (tertiary/aromatic N) is 2. The van der Waals surface area contributed by atoms with Crippen molar-refractivity contribution in [1.29, 1.82) is 0 Å². The van der Waals surface area contributed by atoms with Crippen LogP contribution in [0.3, 0.4) is 0 Å². The van der Waals surface area contributed by atoms with Crippen molar-refractivity contribution >= 4 is 15.7 Å². The van der Waals surface area contributed by atoms with Crippen LogP contribution in [0, 0.1) is 21.7 Å². The number of non-ortho nitro benzene ring substituents is 1. The van der Waals surface area contributed by atoms with Gasteiger partial charge in [0, 0.05) is 43.4 Å². The highest BCUT2D eigenvalue weighted by atomic mass is 32.2. The van der Waals surface area contributed by atoms with Crippen molar-refractivity contribution in [3.63, 3.8) is 0 Å². The lowest BCUT2D eigenvalue weighted by Crippen LogP contribution is -2.34. The van der Waals surface area contributed by atoms with Crippen molar-refractivity contribution in [2.75, 3.05) is 20.7 Å². The summed E-state index contributed by atoms with van der Waals surface area (Å²) in [4.78, 5) is 9.81. The van der Waals surface area contributed by atoms with E-state index in [1.165, 1.54) is 14.2 Å². The van der Waals surface area contributed by atoms with Gasteiger partial charge in [0.05, 0.1) is 16.9 Å². The smallest absolute Gasteiger partial charge is 0.269 e. The fourth-order valence-corrected chi connectivity index (χ4v) is 3.57. The number of nitrogens with two attached hydrogens (primary N) is 1. The third-order valence-corrected chi connectivity index (χ3v) is 5.72. The Hall–Kier alpha value is -2.63. The van der Waals surface area contributed by atoms with Gasteiger partial charge in [-0.3, -0.25) is 10.1 Å². The maximum Gasteiger partial charge on any atom is 0.269 e. The molecule has 2 N–H and O–H groups in total. The van der Waals surface area contributed by atoms with Crippen LogP contribution >= 0.6 is 0 Å². The van der Waals surface area contributed by atoms with Crippen molar-refractivity contribution < 1.29 is 26.9 Å². The van der Waals surface area contributed by atoms with Gasteiger partial charge in [-0.15, -0.1) is 0 Å². The van der Waals surface area contributed by atoms with Gasteiger partial charge in [0.2, 0.25) is 10.0 Å². The molecule has 0 aliphatic rings. The minimum Gasteiger partial charge on any atom is -0.494 e. The van der Waals surface area contributed by atoms with Gasteiger partial charge in [-0.05, 0) is 18.2 Å². The molecule has 0 radical (unpaired) electrons. The summed E-state index contributed by atoms with van der Waals surface area (Å²) in [5, 5.41) is 10.7. The predicted molar refractivity (Wildman–Crippen MR) is 92.8 cm³/mol. The molecule has 0 bridgehead atoms. The van der Waals surface area contributed by atoms with Crippen LogP contribution in [0.1, 0.15) is 11.6 Å². The van der Waals surface area contributed by atoms with Crippen LogP contribution in [0.5, 0.6) is 5.75 Å². The molecule has 0 fully saturated rings. The highest BCUT2D eigenvalue weighted by Crippen LogP contribution is 2.26. The Labute approximate surface area is 154 Å². The number of hydrogen-bond acceptors (Lipinski definition) is 6. The number of nitro benzene ring substituents is 1. The van der Waals surface area contributed by atoms with Gasteiger partial charge in [-0.2, -0.15) is 4.31 Å². The second-order valence-corrected chi connectivity index (χ2v) is 7.70. The Morgan fingerprint density at radius 2 is 1.81 bits per heavy atom. The molecule has 0 saturated heterocycles. The van der Waals surface area contributed by atoms with Crippen LogP contribution in [-0.2, 0) is 10.0 Å². The van der Waals surface area contributed by atoms with Gasteiger partial charge in [0.15, 0.2) is 11.6 Å². The highest BCUT2D eigenvalue weighted by molar-refractivity contribution is 7.89. The molecule has 0 aliphatic heterocycles. The summed E-state index contributed by atoms with van der Waals surface area (Å²) in [6.45, 7) is -0.345. The van der Waals surface area contributed by atoms with Crippen LogP contribution < -0.4 is 10.5 Å². The molecule has 11 heteroatoms. The lowest BCUT2D eigenvalue weighted by molar-refractivity contribution is -0.384. The fraction of sp³-hybridized carbons (Fsp3) is 0.250. The van der Waals surface area contributed by atoms with Crippen LogP contribution in [-0.4, -0.2) is 38.3 Å². The quantitative estimate of drug-likeness (QED) is 0.562. The molecule has 0 aromatic heterocycles. The molecule has 8 nitrogen and oxygen atoms in total. The Bertz CT molecular complexity index is 951. The largest absolute Gasteiger partial charge is 0.494 e. The number of methoxy groups -OCH3 is 1. The van der Waals surface area contributed by atoms with Crippen LogP contribution in [0.2, 0.25) is 0 Å². The Kier molecular flexibility index (Phi) is 6.08. The summed E-state index contributed by atoms with van der Waals surface area (Å²) in [5.74, 6) is -1.96. The number of hydrogen-bond donors (Lipinski definition) is 1. The van der Waals surface area contributed by atoms with Crippen molar-refractivity contribution in [3.8, 4) is 5.75 Å². The Morgan fingerprint density at radius 3 is 2.33 bits per heavy atom. The summed E-state index contributed by atoms with van der Waals surface area (Å²) >= 11 is 0. The second-order valence-electron chi connectivity index (χ2n) is 5.65. The average Bonchev–Trinajstić information content (AvgIpc) is 2.62. The summed E-state index contributed by atoms with van der Waals surface area (Å²) in [6.07, 6.45) is 0. The van der Waals surface area contributed by atoms with Gasteiger partial charge in [-0.25, -0.2) is 17.2 Å². The van der Waals surface area contributed by atoms with Gasteiger partial charge >= 0.3 is 0 Å². The molecule has 1 atom stereocenters. The Morgan fingerprint density at radius 1 is 1.22 bits per heavy atom. The van der Waals surface area contributed by atoms with E-state index in [1.54, 1.807) is 0 Å². The summed E-state index contributed by atoms with van der Waals surface area (Å²) in [5.41, 5.74) is 5.38. The normalized spacial score (nSPS) is 12.8. The minimum atomic E-state index is -4.03. The third-order valence-electron chi connectivity index (χ3n) is 3.88. The number of likely N-dealkylation sites (N-methyl/N-ethyl adjacent to an activating group) is 1. The molecular weight excluding hydrogens is 384 g/mol. The van der Waals surface area contributed by atoms with Crippen LogP contribution in [0.4, 0.5) is 14.5 Å². The molecule has 0 amide bonds. The van der Waals surface area contributed by atoms with Crippen molar-refractivity contribution in [2.45, 2.75) is 10.9 Å². The summed E-state index contributed by atoms with van der Waals surface area (Å²) < 4.78 is 58.5. The molecule has 146 valence electrons. The molecule has 0 spiro atoms. The molecule has 0 heterocycles. The summed E-state index contributed by atoms with van der Waals surface area (Å²) in [6, 6.07) is 4.81. The van der Waals surface area contributed by atoms with Gasteiger partial charge < -0.3 is 10.5 Å². The molecular formula is C16H17F2N3O5S. The van der Waals surface area contributed by atoms with E-state index in [0.717, 1.165) is 40.7 Å². The number of ether oxygens (including phenoxy) is 1. The molecule has 0 saturated carbocycles. The van der Waals surface area contributed by atoms with E-state index in [4.69, 9.17) is 5.73 Å². The number of halogens is 2. The number of benzene rings is 2. The van der Waals surface area contributed by atoms with E-state index in [1.807, 2.05) is 0 Å². The van der Waals surface area contributed by atoms with Crippen molar-refractivity contribution in [2.24, 2.45) is 5.73 Å². The van der Waals surface area contributed by atoms with Gasteiger partial charge in [0.25, 0.3) is 5.69 Å². The van der Waals surface area contributed by atoms with Crippen molar-refractivity contribution in [3.05, 3.63) is 63.7 Å². The van der Waals surface area contributed by atoms with Crippen LogP contribution in [0.15, 0.2) is 41.3 Å². The van der Waals surface area contributed by atoms with E-state index < -0.39 is 32.6 Å². The molecule has 0 aliphatic carbocycles. The monoisotopic (exact) mass is 401 g/mol. The molecule has 2 aromatic rings. The minimum absolute atomic E-state index is 0.191. The topological polar surface area (TPSA) is 116 Å². The maximum absolute atomic E-state index is 14.1. The molecule has 2 aromatic carbocycles. The number of nitro groups is 1. The zero-order chi connectivity index (χ0) is 20.4.